The highest BCUT2D eigenvalue weighted by atomic mass is 19.1. The Bertz CT molecular complexity index is 831. The van der Waals surface area contributed by atoms with Crippen LogP contribution in [-0.4, -0.2) is 45.7 Å². The van der Waals surface area contributed by atoms with Gasteiger partial charge in [0.2, 0.25) is 0 Å². The van der Waals surface area contributed by atoms with Crippen LogP contribution in [0.3, 0.4) is 0 Å². The van der Waals surface area contributed by atoms with E-state index in [1.54, 1.807) is 30.0 Å². The molecule has 3 aromatic rings. The maximum Gasteiger partial charge on any atom is 0.142 e. The number of ether oxygens (including phenoxy) is 1. The lowest BCUT2D eigenvalue weighted by molar-refractivity contribution is 0.173. The molecule has 1 saturated heterocycles. The highest BCUT2D eigenvalue weighted by Gasteiger charge is 2.12. The third-order valence-corrected chi connectivity index (χ3v) is 3.92. The number of nitrogens with zero attached hydrogens (tertiary/aromatic N) is 4. The maximum atomic E-state index is 13.2. The van der Waals surface area contributed by atoms with E-state index in [1.807, 2.05) is 0 Å². The van der Waals surface area contributed by atoms with E-state index in [9.17, 15) is 4.39 Å². The van der Waals surface area contributed by atoms with Crippen LogP contribution in [0.1, 0.15) is 12.8 Å². The molecule has 0 spiro atoms. The molecule has 0 radical (unpaired) electrons. The van der Waals surface area contributed by atoms with Crippen molar-refractivity contribution in [3.8, 4) is 11.4 Å². The normalized spacial score (nSPS) is 16.6. The van der Waals surface area contributed by atoms with E-state index < -0.39 is 0 Å². The van der Waals surface area contributed by atoms with Crippen LogP contribution < -0.4 is 11.1 Å². The Hall–Kier alpha value is -2.58. The first-order valence-corrected chi connectivity index (χ1v) is 8.10. The van der Waals surface area contributed by atoms with Crippen LogP contribution in [0.4, 0.5) is 10.2 Å². The van der Waals surface area contributed by atoms with Crippen molar-refractivity contribution in [3.63, 3.8) is 0 Å². The monoisotopic (exact) mass is 344 g/mol. The summed E-state index contributed by atoms with van der Waals surface area (Å²) in [5.41, 5.74) is 7.42. The van der Waals surface area contributed by atoms with Gasteiger partial charge in [-0.2, -0.15) is 0 Å². The molecule has 0 amide bonds. The molecule has 3 N–H and O–H groups in total. The number of rotatable bonds is 3. The zero-order valence-electron chi connectivity index (χ0n) is 14.0. The third kappa shape index (κ3) is 4.28. The van der Waals surface area contributed by atoms with Gasteiger partial charge in [-0.1, -0.05) is 0 Å². The number of nitrogen functional groups attached to an aromatic ring is 1. The van der Waals surface area contributed by atoms with Gasteiger partial charge in [0.25, 0.3) is 0 Å². The summed E-state index contributed by atoms with van der Waals surface area (Å²) in [6, 6.07) is 3.59. The molecule has 8 heteroatoms. The highest BCUT2D eigenvalue weighted by molar-refractivity contribution is 5.60. The number of fused-ring (bicyclic) bond motifs is 1. The van der Waals surface area contributed by atoms with E-state index in [0.29, 0.717) is 28.9 Å². The second-order valence-corrected chi connectivity index (χ2v) is 5.80. The minimum absolute atomic E-state index is 0.314. The van der Waals surface area contributed by atoms with Crippen molar-refractivity contribution in [3.05, 3.63) is 42.7 Å². The summed E-state index contributed by atoms with van der Waals surface area (Å²) in [5.74, 6) is -0.0255. The molecule has 1 fully saturated rings. The first-order valence-electron chi connectivity index (χ1n) is 8.10. The van der Waals surface area contributed by atoms with Crippen molar-refractivity contribution in [1.29, 1.82) is 0 Å². The SMILES string of the molecule is COCC1CCCN1.Nc1cncc(-c2cnc3ccc(F)cn23)n1. The van der Waals surface area contributed by atoms with Gasteiger partial charge in [0.15, 0.2) is 0 Å². The highest BCUT2D eigenvalue weighted by Crippen LogP contribution is 2.19. The summed E-state index contributed by atoms with van der Waals surface area (Å²) in [4.78, 5) is 12.2. The van der Waals surface area contributed by atoms with Gasteiger partial charge in [-0.05, 0) is 31.5 Å². The first kappa shape index (κ1) is 17.2. The number of methoxy groups -OCH3 is 1. The minimum atomic E-state index is -0.339. The van der Waals surface area contributed by atoms with Crippen LogP contribution in [0.2, 0.25) is 0 Å². The van der Waals surface area contributed by atoms with Crippen molar-refractivity contribution >= 4 is 11.5 Å². The van der Waals surface area contributed by atoms with Gasteiger partial charge in [0.05, 0.1) is 30.9 Å². The molecule has 1 aliphatic rings. The van der Waals surface area contributed by atoms with E-state index in [1.165, 1.54) is 37.8 Å². The Balaban J connectivity index is 0.000000192. The summed E-state index contributed by atoms with van der Waals surface area (Å²) in [7, 11) is 1.75. The van der Waals surface area contributed by atoms with E-state index in [-0.39, 0.29) is 5.82 Å². The second-order valence-electron chi connectivity index (χ2n) is 5.80. The van der Waals surface area contributed by atoms with Crippen molar-refractivity contribution in [2.24, 2.45) is 0 Å². The van der Waals surface area contributed by atoms with Crippen molar-refractivity contribution in [1.82, 2.24) is 24.7 Å². The van der Waals surface area contributed by atoms with Crippen molar-refractivity contribution in [2.45, 2.75) is 18.9 Å². The molecule has 132 valence electrons. The molecule has 0 aromatic carbocycles. The number of aromatic nitrogens is 4. The molecule has 1 unspecified atom stereocenters. The molecule has 7 nitrogen and oxygen atoms in total. The van der Waals surface area contributed by atoms with Crippen LogP contribution in [0.15, 0.2) is 36.9 Å². The van der Waals surface area contributed by atoms with Gasteiger partial charge in [-0.25, -0.2) is 14.4 Å². The first-order chi connectivity index (χ1) is 12.2. The fourth-order valence-corrected chi connectivity index (χ4v) is 2.75. The van der Waals surface area contributed by atoms with Crippen LogP contribution >= 0.6 is 0 Å². The van der Waals surface area contributed by atoms with Gasteiger partial charge in [-0.15, -0.1) is 0 Å². The van der Waals surface area contributed by atoms with Crippen LogP contribution in [0.5, 0.6) is 0 Å². The number of anilines is 1. The molecule has 1 aliphatic heterocycles. The Labute approximate surface area is 145 Å². The number of nitrogens with one attached hydrogen (secondary N) is 1. The van der Waals surface area contributed by atoms with Crippen LogP contribution in [-0.2, 0) is 4.74 Å². The van der Waals surface area contributed by atoms with Gasteiger partial charge < -0.3 is 15.8 Å². The summed E-state index contributed by atoms with van der Waals surface area (Å²) < 4.78 is 19.8. The lowest BCUT2D eigenvalue weighted by atomic mass is 10.2. The molecule has 0 saturated carbocycles. The fraction of sp³-hybridized carbons (Fsp3) is 0.353. The van der Waals surface area contributed by atoms with Gasteiger partial charge in [0.1, 0.15) is 23.0 Å². The number of halogens is 1. The zero-order chi connectivity index (χ0) is 17.6. The third-order valence-electron chi connectivity index (χ3n) is 3.92. The molecular formula is C17H21FN6O. The summed E-state index contributed by atoms with van der Waals surface area (Å²) >= 11 is 0. The van der Waals surface area contributed by atoms with Gasteiger partial charge in [-0.3, -0.25) is 9.38 Å². The predicted octanol–water partition coefficient (Wildman–Crippen LogP) is 1.90. The lowest BCUT2D eigenvalue weighted by Gasteiger charge is -2.05. The van der Waals surface area contributed by atoms with Crippen LogP contribution in [0.25, 0.3) is 17.0 Å². The van der Waals surface area contributed by atoms with Gasteiger partial charge in [0, 0.05) is 19.3 Å². The van der Waals surface area contributed by atoms with E-state index in [0.717, 1.165) is 6.61 Å². The Kier molecular flexibility index (Phi) is 5.52. The standard InChI is InChI=1S/C11H8FN5.C6H13NO/c12-7-1-2-11-15-4-9(17(11)6-7)8-3-14-5-10(13)16-8;1-8-5-6-3-2-4-7-6/h1-6H,(H2,13,16);6-7H,2-5H2,1H3. The minimum Gasteiger partial charge on any atom is -0.383 e. The Morgan fingerprint density at radius 1 is 1.36 bits per heavy atom. The fourth-order valence-electron chi connectivity index (χ4n) is 2.75. The van der Waals surface area contributed by atoms with E-state index >= 15 is 0 Å². The van der Waals surface area contributed by atoms with Crippen molar-refractivity contribution in [2.75, 3.05) is 26.0 Å². The topological polar surface area (TPSA) is 90.4 Å². The van der Waals surface area contributed by atoms with Crippen LogP contribution in [0, 0.1) is 5.82 Å². The second kappa shape index (κ2) is 8.00. The number of hydrogen-bond donors (Lipinski definition) is 2. The average molecular weight is 344 g/mol. The Morgan fingerprint density at radius 3 is 2.96 bits per heavy atom. The largest absolute Gasteiger partial charge is 0.383 e. The number of imidazole rings is 1. The number of nitrogens with two attached hydrogens (primary N) is 1. The Morgan fingerprint density at radius 2 is 2.24 bits per heavy atom. The summed E-state index contributed by atoms with van der Waals surface area (Å²) in [6.07, 6.45) is 8.57. The summed E-state index contributed by atoms with van der Waals surface area (Å²) in [6.45, 7) is 2.05. The molecule has 0 aliphatic carbocycles. The molecule has 3 aromatic heterocycles. The number of pyridine rings is 1. The lowest BCUT2D eigenvalue weighted by Crippen LogP contribution is -2.25. The molecule has 1 atom stereocenters. The molecule has 0 bridgehead atoms. The molecule has 4 rings (SSSR count). The van der Waals surface area contributed by atoms with Gasteiger partial charge >= 0.3 is 0 Å². The van der Waals surface area contributed by atoms with E-state index in [2.05, 4.69) is 20.3 Å². The molecular weight excluding hydrogens is 323 g/mol. The van der Waals surface area contributed by atoms with E-state index in [4.69, 9.17) is 10.5 Å². The summed E-state index contributed by atoms with van der Waals surface area (Å²) in [5, 5.41) is 3.33. The average Bonchev–Trinajstić information content (AvgIpc) is 3.25. The quantitative estimate of drug-likeness (QED) is 0.754. The zero-order valence-corrected chi connectivity index (χ0v) is 14.0. The molecule has 25 heavy (non-hydrogen) atoms. The maximum absolute atomic E-state index is 13.2. The number of hydrogen-bond acceptors (Lipinski definition) is 6. The smallest absolute Gasteiger partial charge is 0.142 e. The molecule has 4 heterocycles. The predicted molar refractivity (Wildman–Crippen MR) is 93.5 cm³/mol. The van der Waals surface area contributed by atoms with Crippen molar-refractivity contribution < 1.29 is 9.13 Å².